The summed E-state index contributed by atoms with van der Waals surface area (Å²) in [6.45, 7) is 9.97. The SMILES string of the molecule is C=C(C)C(=O)OC[N+](C)(C)C.C=C(C)C(=O)[O-]. The molecule has 17 heavy (non-hydrogen) atoms. The molecule has 0 unspecified atom stereocenters. The monoisotopic (exact) mass is 243 g/mol. The zero-order valence-electron chi connectivity index (χ0n) is 11.2. The van der Waals surface area contributed by atoms with Crippen molar-refractivity contribution in [1.29, 1.82) is 0 Å². The van der Waals surface area contributed by atoms with E-state index in [2.05, 4.69) is 13.2 Å². The first-order valence-corrected chi connectivity index (χ1v) is 4.97. The van der Waals surface area contributed by atoms with E-state index in [1.54, 1.807) is 6.92 Å². The first kappa shape index (κ1) is 17.8. The predicted molar refractivity (Wildman–Crippen MR) is 63.6 cm³/mol. The molecule has 98 valence electrons. The number of carbonyl (C=O) groups is 2. The van der Waals surface area contributed by atoms with E-state index in [1.807, 2.05) is 21.1 Å². The molecule has 0 aromatic carbocycles. The summed E-state index contributed by atoms with van der Waals surface area (Å²) in [4.78, 5) is 20.3. The lowest BCUT2D eigenvalue weighted by Crippen LogP contribution is -2.37. The van der Waals surface area contributed by atoms with Gasteiger partial charge in [0.15, 0.2) is 0 Å². The van der Waals surface area contributed by atoms with E-state index in [0.717, 1.165) is 0 Å². The maximum atomic E-state index is 10.9. The van der Waals surface area contributed by atoms with Crippen LogP contribution < -0.4 is 5.11 Å². The van der Waals surface area contributed by atoms with Gasteiger partial charge in [0.25, 0.3) is 0 Å². The molecule has 0 aromatic heterocycles. The molecule has 0 amide bonds. The Balaban J connectivity index is 0. The zero-order valence-corrected chi connectivity index (χ0v) is 11.2. The van der Waals surface area contributed by atoms with E-state index in [1.165, 1.54) is 6.92 Å². The van der Waals surface area contributed by atoms with Crippen molar-refractivity contribution in [2.75, 3.05) is 27.9 Å². The Morgan fingerprint density at radius 2 is 1.47 bits per heavy atom. The van der Waals surface area contributed by atoms with Gasteiger partial charge in [-0.2, -0.15) is 0 Å². The molecule has 0 aliphatic rings. The van der Waals surface area contributed by atoms with Gasteiger partial charge in [-0.3, -0.25) is 4.48 Å². The van der Waals surface area contributed by atoms with E-state index in [4.69, 9.17) is 4.74 Å². The maximum absolute atomic E-state index is 10.9. The molecule has 5 nitrogen and oxygen atoms in total. The van der Waals surface area contributed by atoms with E-state index < -0.39 is 5.97 Å². The summed E-state index contributed by atoms with van der Waals surface area (Å²) >= 11 is 0. The number of nitrogens with zero attached hydrogens (tertiary/aromatic N) is 1. The van der Waals surface area contributed by atoms with Crippen molar-refractivity contribution in [2.24, 2.45) is 0 Å². The van der Waals surface area contributed by atoms with E-state index in [-0.39, 0.29) is 11.5 Å². The van der Waals surface area contributed by atoms with Gasteiger partial charge in [0.2, 0.25) is 6.73 Å². The average molecular weight is 243 g/mol. The number of aliphatic carboxylic acids is 1. The molecule has 0 aliphatic carbocycles. The Morgan fingerprint density at radius 1 is 1.12 bits per heavy atom. The van der Waals surface area contributed by atoms with Gasteiger partial charge in [-0.05, 0) is 19.4 Å². The summed E-state index contributed by atoms with van der Waals surface area (Å²) < 4.78 is 5.51. The third kappa shape index (κ3) is 14.4. The highest BCUT2D eigenvalue weighted by atomic mass is 16.5. The second-order valence-electron chi connectivity index (χ2n) is 4.70. The van der Waals surface area contributed by atoms with E-state index >= 15 is 0 Å². The Labute approximate surface area is 103 Å². The molecule has 0 radical (unpaired) electrons. The summed E-state index contributed by atoms with van der Waals surface area (Å²) in [7, 11) is 5.85. The van der Waals surface area contributed by atoms with Crippen LogP contribution in [0.2, 0.25) is 0 Å². The summed E-state index contributed by atoms with van der Waals surface area (Å²) in [6, 6.07) is 0. The van der Waals surface area contributed by atoms with Crippen molar-refractivity contribution >= 4 is 11.9 Å². The van der Waals surface area contributed by atoms with Crippen molar-refractivity contribution in [3.8, 4) is 0 Å². The first-order chi connectivity index (χ1) is 7.47. The topological polar surface area (TPSA) is 66.4 Å². The van der Waals surface area contributed by atoms with Crippen LogP contribution in [0.1, 0.15) is 13.8 Å². The molecule has 0 aromatic rings. The van der Waals surface area contributed by atoms with Crippen molar-refractivity contribution in [1.82, 2.24) is 0 Å². The molecule has 0 rings (SSSR count). The van der Waals surface area contributed by atoms with Gasteiger partial charge in [-0.25, -0.2) is 4.79 Å². The minimum absolute atomic E-state index is 0.0648. The third-order valence-electron chi connectivity index (χ3n) is 1.28. The minimum Gasteiger partial charge on any atom is -0.545 e. The number of esters is 1. The Kier molecular flexibility index (Phi) is 7.96. The smallest absolute Gasteiger partial charge is 0.337 e. The second-order valence-corrected chi connectivity index (χ2v) is 4.70. The maximum Gasteiger partial charge on any atom is 0.337 e. The van der Waals surface area contributed by atoms with Crippen molar-refractivity contribution in [3.63, 3.8) is 0 Å². The standard InChI is InChI=1S/C8H16NO2.C4H6O2/c1-7(2)8(10)11-6-9(3,4)5;1-3(2)4(5)6/h1,6H2,2-5H3;1H2,2H3,(H,5,6)/q+1;/p-1. The molecule has 0 saturated carbocycles. The number of hydrogen-bond acceptors (Lipinski definition) is 4. The zero-order chi connectivity index (χ0) is 14.2. The Bertz CT molecular complexity index is 301. The third-order valence-corrected chi connectivity index (χ3v) is 1.28. The van der Waals surface area contributed by atoms with Crippen LogP contribution in [0.15, 0.2) is 24.3 Å². The van der Waals surface area contributed by atoms with Crippen LogP contribution in [0.25, 0.3) is 0 Å². The molecular weight excluding hydrogens is 222 g/mol. The highest BCUT2D eigenvalue weighted by molar-refractivity contribution is 5.86. The van der Waals surface area contributed by atoms with Crippen LogP contribution in [0.3, 0.4) is 0 Å². The first-order valence-electron chi connectivity index (χ1n) is 4.97. The molecule has 0 spiro atoms. The number of quaternary nitrogens is 1. The van der Waals surface area contributed by atoms with Gasteiger partial charge in [0, 0.05) is 5.57 Å². The van der Waals surface area contributed by atoms with Gasteiger partial charge < -0.3 is 14.6 Å². The molecule has 0 N–H and O–H groups in total. The van der Waals surface area contributed by atoms with Crippen LogP contribution in [0.4, 0.5) is 0 Å². The predicted octanol–water partition coefficient (Wildman–Crippen LogP) is 0.0818. The lowest BCUT2D eigenvalue weighted by molar-refractivity contribution is -0.888. The normalized spacial score (nSPS) is 9.71. The highest BCUT2D eigenvalue weighted by Crippen LogP contribution is 1.96. The lowest BCUT2D eigenvalue weighted by atomic mass is 10.4. The van der Waals surface area contributed by atoms with Crippen molar-refractivity contribution in [3.05, 3.63) is 24.3 Å². The number of ether oxygens (including phenoxy) is 1. The van der Waals surface area contributed by atoms with Gasteiger partial charge in [0.05, 0.1) is 27.1 Å². The fourth-order valence-corrected chi connectivity index (χ4v) is 0.375. The molecule has 0 saturated heterocycles. The lowest BCUT2D eigenvalue weighted by Gasteiger charge is -2.22. The van der Waals surface area contributed by atoms with Gasteiger partial charge in [0.1, 0.15) is 0 Å². The van der Waals surface area contributed by atoms with Crippen LogP contribution in [-0.2, 0) is 14.3 Å². The molecule has 0 atom stereocenters. The number of carbonyl (C=O) groups excluding carboxylic acids is 2. The van der Waals surface area contributed by atoms with Crippen LogP contribution >= 0.6 is 0 Å². The largest absolute Gasteiger partial charge is 0.545 e. The second kappa shape index (κ2) is 7.62. The number of hydrogen-bond donors (Lipinski definition) is 0. The number of carboxylic acids is 1. The van der Waals surface area contributed by atoms with E-state index in [9.17, 15) is 14.7 Å². The van der Waals surface area contributed by atoms with Gasteiger partial charge in [-0.1, -0.05) is 13.2 Å². The fraction of sp³-hybridized carbons (Fsp3) is 0.500. The van der Waals surface area contributed by atoms with Crippen molar-refractivity contribution in [2.45, 2.75) is 13.8 Å². The fourth-order valence-electron chi connectivity index (χ4n) is 0.375. The molecular formula is C12H21NO4. The van der Waals surface area contributed by atoms with Crippen LogP contribution in [0.5, 0.6) is 0 Å². The minimum atomic E-state index is -1.19. The average Bonchev–Trinajstić information content (AvgIpc) is 2.13. The molecule has 0 aliphatic heterocycles. The molecule has 0 bridgehead atoms. The summed E-state index contributed by atoms with van der Waals surface area (Å²) in [6.07, 6.45) is 0. The van der Waals surface area contributed by atoms with Crippen LogP contribution in [0, 0.1) is 0 Å². The Morgan fingerprint density at radius 3 is 1.65 bits per heavy atom. The van der Waals surface area contributed by atoms with Crippen LogP contribution in [-0.4, -0.2) is 44.3 Å². The summed E-state index contributed by atoms with van der Waals surface area (Å²) in [5.41, 5.74) is 0.508. The number of rotatable bonds is 4. The number of carboxylic acid groups (broad SMARTS) is 1. The molecule has 0 fully saturated rings. The summed E-state index contributed by atoms with van der Waals surface area (Å²) in [5.74, 6) is -1.51. The Hall–Kier alpha value is -1.62. The van der Waals surface area contributed by atoms with Crippen molar-refractivity contribution < 1.29 is 23.9 Å². The van der Waals surface area contributed by atoms with Gasteiger partial charge in [-0.15, -0.1) is 0 Å². The molecule has 5 heteroatoms. The molecule has 0 heterocycles. The summed E-state index contributed by atoms with van der Waals surface area (Å²) in [5, 5.41) is 9.49. The quantitative estimate of drug-likeness (QED) is 0.303. The van der Waals surface area contributed by atoms with E-state index in [0.29, 0.717) is 16.8 Å². The highest BCUT2D eigenvalue weighted by Gasteiger charge is 2.10. The van der Waals surface area contributed by atoms with Gasteiger partial charge >= 0.3 is 5.97 Å².